The predicted molar refractivity (Wildman–Crippen MR) is 192 cm³/mol. The van der Waals surface area contributed by atoms with E-state index in [-0.39, 0.29) is 0 Å². The summed E-state index contributed by atoms with van der Waals surface area (Å²) in [5.41, 5.74) is 11.1. The first-order valence-corrected chi connectivity index (χ1v) is 16.7. The Hall–Kier alpha value is -5.04. The molecule has 0 saturated heterocycles. The van der Waals surface area contributed by atoms with Gasteiger partial charge in [-0.05, 0) is 70.2 Å². The summed E-state index contributed by atoms with van der Waals surface area (Å²) in [4.78, 5) is 19.6. The maximum Gasteiger partial charge on any atom is 0.146 e. The summed E-state index contributed by atoms with van der Waals surface area (Å²) in [7, 11) is 0. The van der Waals surface area contributed by atoms with Crippen molar-refractivity contribution in [2.45, 2.75) is 79.1 Å². The third-order valence-corrected chi connectivity index (χ3v) is 9.63. The molecule has 0 N–H and O–H groups in total. The van der Waals surface area contributed by atoms with Gasteiger partial charge < -0.3 is 4.74 Å². The summed E-state index contributed by atoms with van der Waals surface area (Å²) in [6.07, 6.45) is 11.5. The molecule has 236 valence electrons. The van der Waals surface area contributed by atoms with E-state index in [1.54, 1.807) is 0 Å². The molecule has 0 amide bonds. The molecule has 0 radical (unpaired) electrons. The molecular weight excluding hydrogens is 580 g/mol. The molecule has 8 rings (SSSR count). The molecule has 0 aliphatic heterocycles. The van der Waals surface area contributed by atoms with Crippen LogP contribution < -0.4 is 4.74 Å². The highest BCUT2D eigenvalue weighted by Crippen LogP contribution is 2.40. The molecule has 7 nitrogen and oxygen atoms in total. The zero-order chi connectivity index (χ0) is 32.7. The molecule has 6 aromatic heterocycles. The van der Waals surface area contributed by atoms with Gasteiger partial charge in [-0.15, -0.1) is 0 Å². The fourth-order valence-electron chi connectivity index (χ4n) is 7.09. The Bertz CT molecular complexity index is 2340. The lowest BCUT2D eigenvalue weighted by molar-refractivity contribution is 0.480. The van der Waals surface area contributed by atoms with E-state index in [9.17, 15) is 0 Å². The van der Waals surface area contributed by atoms with Gasteiger partial charge in [0.15, 0.2) is 0 Å². The van der Waals surface area contributed by atoms with Gasteiger partial charge >= 0.3 is 0 Å². The van der Waals surface area contributed by atoms with E-state index in [0.29, 0.717) is 35.2 Å². The summed E-state index contributed by atoms with van der Waals surface area (Å²) in [6, 6.07) is 13.4. The fraction of sp³-hybridized carbons (Fsp3) is 0.300. The Morgan fingerprint density at radius 3 is 1.32 bits per heavy atom. The summed E-state index contributed by atoms with van der Waals surface area (Å²) < 4.78 is 10.9. The Morgan fingerprint density at radius 1 is 0.511 bits per heavy atom. The molecule has 7 heteroatoms. The van der Waals surface area contributed by atoms with Crippen LogP contribution in [0, 0.1) is 0 Å². The molecule has 0 spiro atoms. The second kappa shape index (κ2) is 10.8. The van der Waals surface area contributed by atoms with Gasteiger partial charge in [-0.25, -0.2) is 9.97 Å². The largest absolute Gasteiger partial charge is 0.454 e. The van der Waals surface area contributed by atoms with Crippen LogP contribution in [-0.2, 0) is 0 Å². The molecule has 0 aliphatic carbocycles. The molecule has 0 saturated carbocycles. The van der Waals surface area contributed by atoms with E-state index in [1.807, 2.05) is 37.2 Å². The number of hydrogen-bond donors (Lipinski definition) is 0. The van der Waals surface area contributed by atoms with Crippen molar-refractivity contribution in [2.75, 3.05) is 0 Å². The first-order chi connectivity index (χ1) is 22.6. The van der Waals surface area contributed by atoms with Gasteiger partial charge in [-0.3, -0.25) is 18.8 Å². The highest BCUT2D eigenvalue weighted by atomic mass is 16.5. The average molecular weight is 621 g/mol. The van der Waals surface area contributed by atoms with Gasteiger partial charge in [0, 0.05) is 46.3 Å². The quantitative estimate of drug-likeness (QED) is 0.173. The van der Waals surface area contributed by atoms with Crippen LogP contribution in [0.5, 0.6) is 11.5 Å². The summed E-state index contributed by atoms with van der Waals surface area (Å²) >= 11 is 0. The van der Waals surface area contributed by atoms with Crippen LogP contribution in [0.3, 0.4) is 0 Å². The van der Waals surface area contributed by atoms with Crippen molar-refractivity contribution in [2.24, 2.45) is 0 Å². The normalized spacial score (nSPS) is 12.6. The molecular formula is C40H40N6O. The minimum atomic E-state index is 0.338. The monoisotopic (exact) mass is 620 g/mol. The van der Waals surface area contributed by atoms with Crippen LogP contribution in [0.1, 0.15) is 101 Å². The van der Waals surface area contributed by atoms with E-state index in [1.165, 1.54) is 33.0 Å². The number of fused-ring (bicyclic) bond motifs is 12. The molecule has 0 bridgehead atoms. The topological polar surface area (TPSA) is 69.6 Å². The summed E-state index contributed by atoms with van der Waals surface area (Å²) in [5.74, 6) is 2.79. The number of benzene rings is 2. The molecule has 0 atom stereocenters. The molecule has 0 aliphatic rings. The number of aromatic nitrogens is 6. The molecule has 0 fully saturated rings. The van der Waals surface area contributed by atoms with Gasteiger partial charge in [0.05, 0.1) is 34.5 Å². The van der Waals surface area contributed by atoms with Crippen molar-refractivity contribution in [1.29, 1.82) is 0 Å². The molecule has 8 aromatic rings. The van der Waals surface area contributed by atoms with Gasteiger partial charge in [0.1, 0.15) is 22.8 Å². The number of rotatable bonds is 6. The number of ether oxygens (including phenoxy) is 1. The van der Waals surface area contributed by atoms with Crippen LogP contribution in [-0.4, -0.2) is 28.7 Å². The highest BCUT2D eigenvalue weighted by molar-refractivity contribution is 6.12. The van der Waals surface area contributed by atoms with Gasteiger partial charge in [-0.1, -0.05) is 67.5 Å². The second-order valence-corrected chi connectivity index (χ2v) is 14.1. The number of pyridine rings is 4. The number of nitrogens with zero attached hydrogens (tertiary/aromatic N) is 6. The van der Waals surface area contributed by atoms with Crippen LogP contribution >= 0.6 is 0 Å². The molecule has 6 heterocycles. The van der Waals surface area contributed by atoms with E-state index >= 15 is 0 Å². The van der Waals surface area contributed by atoms with E-state index in [0.717, 1.165) is 44.1 Å². The molecule has 2 aromatic carbocycles. The van der Waals surface area contributed by atoms with Crippen molar-refractivity contribution in [3.8, 4) is 11.5 Å². The van der Waals surface area contributed by atoms with Crippen molar-refractivity contribution in [3.05, 3.63) is 95.8 Å². The second-order valence-electron chi connectivity index (χ2n) is 14.1. The Labute approximate surface area is 274 Å². The maximum absolute atomic E-state index is 6.53. The minimum Gasteiger partial charge on any atom is -0.454 e. The standard InChI is InChI=1S/C40H40N6O/c1-21(2)25-13-29(23(5)6)35-33(15-25)45-11-9-41-39(45)31-17-27(19-43-37(31)35)47-28-18-32-38(44-20-28)36-30(24(7)8)14-26(22(3)4)16-34(36)46-12-10-42-40(32)46/h9-24H,1-8H3. The molecule has 0 unspecified atom stereocenters. The lowest BCUT2D eigenvalue weighted by Crippen LogP contribution is -2.01. The zero-order valence-corrected chi connectivity index (χ0v) is 28.3. The lowest BCUT2D eigenvalue weighted by atomic mass is 9.91. The first-order valence-electron chi connectivity index (χ1n) is 16.7. The van der Waals surface area contributed by atoms with Gasteiger partial charge in [0.25, 0.3) is 0 Å². The SMILES string of the molecule is CC(C)c1cc(C(C)C)c2c3ncc(Oc4cnc5c(c4)c4nccn4c4cc(C(C)C)cc(C(C)C)c54)cc3c3nccn3c2c1. The van der Waals surface area contributed by atoms with E-state index in [2.05, 4.69) is 101 Å². The Morgan fingerprint density at radius 2 is 0.936 bits per heavy atom. The predicted octanol–water partition coefficient (Wildman–Crippen LogP) is 10.7. The van der Waals surface area contributed by atoms with Gasteiger partial charge in [-0.2, -0.15) is 0 Å². The lowest BCUT2D eigenvalue weighted by Gasteiger charge is -2.19. The van der Waals surface area contributed by atoms with Crippen molar-refractivity contribution in [3.63, 3.8) is 0 Å². The van der Waals surface area contributed by atoms with Gasteiger partial charge in [0.2, 0.25) is 0 Å². The van der Waals surface area contributed by atoms with Crippen LogP contribution in [0.4, 0.5) is 0 Å². The van der Waals surface area contributed by atoms with Crippen LogP contribution in [0.15, 0.2) is 73.6 Å². The highest BCUT2D eigenvalue weighted by Gasteiger charge is 2.21. The smallest absolute Gasteiger partial charge is 0.146 e. The van der Waals surface area contributed by atoms with Crippen LogP contribution in [0.2, 0.25) is 0 Å². The Kier molecular flexibility index (Phi) is 6.72. The van der Waals surface area contributed by atoms with Crippen molar-refractivity contribution in [1.82, 2.24) is 28.7 Å². The third-order valence-electron chi connectivity index (χ3n) is 9.63. The Balaban J connectivity index is 1.31. The third kappa shape index (κ3) is 4.54. The zero-order valence-electron chi connectivity index (χ0n) is 28.3. The minimum absolute atomic E-state index is 0.338. The fourth-order valence-corrected chi connectivity index (χ4v) is 7.09. The average Bonchev–Trinajstić information content (AvgIpc) is 3.75. The maximum atomic E-state index is 6.53. The van der Waals surface area contributed by atoms with Crippen molar-refractivity contribution >= 4 is 54.9 Å². The van der Waals surface area contributed by atoms with E-state index < -0.39 is 0 Å². The molecule has 47 heavy (non-hydrogen) atoms. The summed E-state index contributed by atoms with van der Waals surface area (Å²) in [6.45, 7) is 18.0. The number of imidazole rings is 2. The van der Waals surface area contributed by atoms with Crippen LogP contribution in [0.25, 0.3) is 54.9 Å². The van der Waals surface area contributed by atoms with Crippen molar-refractivity contribution < 1.29 is 4.74 Å². The summed E-state index contributed by atoms with van der Waals surface area (Å²) in [5, 5.41) is 4.24. The first kappa shape index (κ1) is 29.4. The number of hydrogen-bond acceptors (Lipinski definition) is 5. The van der Waals surface area contributed by atoms with E-state index in [4.69, 9.17) is 24.7 Å².